The van der Waals surface area contributed by atoms with Gasteiger partial charge in [-0.2, -0.15) is 0 Å². The Labute approximate surface area is 91.1 Å². The molecule has 80 valence electrons. The second kappa shape index (κ2) is 4.39. The van der Waals surface area contributed by atoms with Gasteiger partial charge < -0.3 is 9.72 Å². The third-order valence-corrected chi connectivity index (χ3v) is 1.89. The van der Waals surface area contributed by atoms with E-state index in [0.29, 0.717) is 5.56 Å². The Morgan fingerprint density at radius 2 is 1.88 bits per heavy atom. The molecule has 5 nitrogen and oxygen atoms in total. The number of hydrogen-bond donors (Lipinski definition) is 1. The minimum absolute atomic E-state index is 0.00396. The van der Waals surface area contributed by atoms with Crippen molar-refractivity contribution in [1.29, 1.82) is 0 Å². The van der Waals surface area contributed by atoms with Gasteiger partial charge in [-0.15, -0.1) is 0 Å². The summed E-state index contributed by atoms with van der Waals surface area (Å²) in [5.41, 5.74) is 0.322. The fraction of sp³-hybridized carbons (Fsp3) is 0. The molecule has 1 heterocycles. The zero-order chi connectivity index (χ0) is 11.4. The van der Waals surface area contributed by atoms with E-state index < -0.39 is 11.9 Å². The molecule has 1 aromatic heterocycles. The molecule has 1 aromatic carbocycles. The van der Waals surface area contributed by atoms with Crippen LogP contribution in [0.25, 0.3) is 0 Å². The van der Waals surface area contributed by atoms with Crippen molar-refractivity contribution >= 4 is 11.9 Å². The van der Waals surface area contributed by atoms with Crippen molar-refractivity contribution in [3.05, 3.63) is 54.1 Å². The van der Waals surface area contributed by atoms with Gasteiger partial charge in [0.05, 0.1) is 5.56 Å². The van der Waals surface area contributed by atoms with Crippen LogP contribution in [0.4, 0.5) is 0 Å². The topological polar surface area (TPSA) is 72.1 Å². The Kier molecular flexibility index (Phi) is 2.77. The number of H-pyrrole nitrogens is 1. The van der Waals surface area contributed by atoms with Crippen molar-refractivity contribution in [2.75, 3.05) is 0 Å². The lowest BCUT2D eigenvalue weighted by Crippen LogP contribution is -2.13. The number of aromatic nitrogens is 2. The molecule has 1 N–H and O–H groups in total. The maximum absolute atomic E-state index is 11.5. The van der Waals surface area contributed by atoms with Gasteiger partial charge in [0.1, 0.15) is 0 Å². The Morgan fingerprint density at radius 3 is 2.50 bits per heavy atom. The van der Waals surface area contributed by atoms with Crippen molar-refractivity contribution < 1.29 is 14.3 Å². The van der Waals surface area contributed by atoms with E-state index in [1.54, 1.807) is 30.3 Å². The number of carbonyl (C=O) groups is 2. The number of rotatable bonds is 2. The number of carbonyl (C=O) groups excluding carboxylic acids is 2. The lowest BCUT2D eigenvalue weighted by molar-refractivity contribution is 0.0390. The highest BCUT2D eigenvalue weighted by Gasteiger charge is 2.15. The molecule has 0 amide bonds. The summed E-state index contributed by atoms with van der Waals surface area (Å²) in [5.74, 6) is -1.48. The highest BCUT2D eigenvalue weighted by molar-refractivity contribution is 6.00. The maximum Gasteiger partial charge on any atom is 0.382 e. The zero-order valence-electron chi connectivity index (χ0n) is 8.21. The van der Waals surface area contributed by atoms with Gasteiger partial charge in [0.2, 0.25) is 5.82 Å². The predicted molar refractivity (Wildman–Crippen MR) is 54.8 cm³/mol. The summed E-state index contributed by atoms with van der Waals surface area (Å²) < 4.78 is 4.61. The molecule has 0 fully saturated rings. The number of benzene rings is 1. The Hall–Kier alpha value is -2.43. The maximum atomic E-state index is 11.5. The van der Waals surface area contributed by atoms with Crippen LogP contribution >= 0.6 is 0 Å². The summed E-state index contributed by atoms with van der Waals surface area (Å²) in [7, 11) is 0. The van der Waals surface area contributed by atoms with Gasteiger partial charge in [-0.3, -0.25) is 0 Å². The van der Waals surface area contributed by atoms with Crippen LogP contribution in [-0.4, -0.2) is 21.9 Å². The van der Waals surface area contributed by atoms with Gasteiger partial charge in [0, 0.05) is 12.4 Å². The third-order valence-electron chi connectivity index (χ3n) is 1.89. The summed E-state index contributed by atoms with van der Waals surface area (Å²) in [5, 5.41) is 0. The molecule has 0 bridgehead atoms. The van der Waals surface area contributed by atoms with E-state index in [-0.39, 0.29) is 5.82 Å². The van der Waals surface area contributed by atoms with Gasteiger partial charge in [0.15, 0.2) is 0 Å². The lowest BCUT2D eigenvalue weighted by atomic mass is 10.2. The number of nitrogens with one attached hydrogen (secondary N) is 1. The van der Waals surface area contributed by atoms with E-state index in [2.05, 4.69) is 14.7 Å². The van der Waals surface area contributed by atoms with Crippen LogP contribution in [-0.2, 0) is 4.74 Å². The summed E-state index contributed by atoms with van der Waals surface area (Å²) in [6, 6.07) is 8.28. The fourth-order valence-corrected chi connectivity index (χ4v) is 1.14. The van der Waals surface area contributed by atoms with E-state index in [1.807, 2.05) is 0 Å². The first-order chi connectivity index (χ1) is 7.77. The molecule has 0 atom stereocenters. The molecule has 2 aromatic rings. The fourth-order valence-electron chi connectivity index (χ4n) is 1.14. The van der Waals surface area contributed by atoms with Crippen molar-refractivity contribution in [1.82, 2.24) is 9.97 Å². The van der Waals surface area contributed by atoms with Crippen LogP contribution in [0.5, 0.6) is 0 Å². The van der Waals surface area contributed by atoms with Crippen LogP contribution in [0, 0.1) is 0 Å². The van der Waals surface area contributed by atoms with E-state index in [0.717, 1.165) is 0 Å². The second-order valence-electron chi connectivity index (χ2n) is 2.98. The standard InChI is InChI=1S/C11H8N2O3/c14-10(8-4-2-1-3-5-8)16-11(15)9-12-6-7-13-9/h1-7H,(H,12,13). The van der Waals surface area contributed by atoms with E-state index in [4.69, 9.17) is 0 Å². The van der Waals surface area contributed by atoms with Crippen molar-refractivity contribution in [3.8, 4) is 0 Å². The van der Waals surface area contributed by atoms with E-state index in [9.17, 15) is 9.59 Å². The van der Waals surface area contributed by atoms with E-state index >= 15 is 0 Å². The highest BCUT2D eigenvalue weighted by atomic mass is 16.6. The largest absolute Gasteiger partial charge is 0.383 e. The van der Waals surface area contributed by atoms with E-state index in [1.165, 1.54) is 12.4 Å². The molecular weight excluding hydrogens is 208 g/mol. The number of ether oxygens (including phenoxy) is 1. The predicted octanol–water partition coefficient (Wildman–Crippen LogP) is 1.41. The number of hydrogen-bond acceptors (Lipinski definition) is 4. The van der Waals surface area contributed by atoms with Crippen molar-refractivity contribution in [3.63, 3.8) is 0 Å². The third kappa shape index (κ3) is 2.14. The molecule has 0 aliphatic heterocycles. The van der Waals surface area contributed by atoms with Crippen LogP contribution in [0.15, 0.2) is 42.7 Å². The molecule has 5 heteroatoms. The van der Waals surface area contributed by atoms with Gasteiger partial charge in [-0.25, -0.2) is 14.6 Å². The molecule has 0 spiro atoms. The van der Waals surface area contributed by atoms with Crippen LogP contribution < -0.4 is 0 Å². The summed E-state index contributed by atoms with van der Waals surface area (Å²) >= 11 is 0. The molecule has 0 aliphatic rings. The van der Waals surface area contributed by atoms with Gasteiger partial charge in [-0.1, -0.05) is 18.2 Å². The number of aromatic amines is 1. The Balaban J connectivity index is 2.06. The molecular formula is C11H8N2O3. The summed E-state index contributed by atoms with van der Waals surface area (Å²) in [4.78, 5) is 29.1. The minimum atomic E-state index is -0.793. The first-order valence-corrected chi connectivity index (χ1v) is 4.58. The average Bonchev–Trinajstić information content (AvgIpc) is 2.83. The summed E-state index contributed by atoms with van der Waals surface area (Å²) in [6.07, 6.45) is 2.88. The van der Waals surface area contributed by atoms with Gasteiger partial charge >= 0.3 is 11.9 Å². The van der Waals surface area contributed by atoms with Gasteiger partial charge in [0.25, 0.3) is 0 Å². The normalized spacial score (nSPS) is 9.75. The minimum Gasteiger partial charge on any atom is -0.383 e. The first-order valence-electron chi connectivity index (χ1n) is 4.58. The lowest BCUT2D eigenvalue weighted by Gasteiger charge is -2.00. The average molecular weight is 216 g/mol. The first kappa shape index (κ1) is 10.1. The van der Waals surface area contributed by atoms with Crippen molar-refractivity contribution in [2.24, 2.45) is 0 Å². The quantitative estimate of drug-likeness (QED) is 0.608. The molecule has 0 saturated carbocycles. The van der Waals surface area contributed by atoms with Gasteiger partial charge in [-0.05, 0) is 12.1 Å². The second-order valence-corrected chi connectivity index (χ2v) is 2.98. The van der Waals surface area contributed by atoms with Crippen LogP contribution in [0.1, 0.15) is 21.0 Å². The molecule has 0 aliphatic carbocycles. The number of nitrogens with zero attached hydrogens (tertiary/aromatic N) is 1. The zero-order valence-corrected chi connectivity index (χ0v) is 8.21. The highest BCUT2D eigenvalue weighted by Crippen LogP contribution is 2.03. The molecule has 2 rings (SSSR count). The van der Waals surface area contributed by atoms with Crippen LogP contribution in [0.2, 0.25) is 0 Å². The Bertz CT molecular complexity index is 491. The molecule has 0 radical (unpaired) electrons. The van der Waals surface area contributed by atoms with Crippen LogP contribution in [0.3, 0.4) is 0 Å². The summed E-state index contributed by atoms with van der Waals surface area (Å²) in [6.45, 7) is 0. The molecule has 16 heavy (non-hydrogen) atoms. The smallest absolute Gasteiger partial charge is 0.382 e. The number of imidazole rings is 1. The van der Waals surface area contributed by atoms with Crippen molar-refractivity contribution in [2.45, 2.75) is 0 Å². The molecule has 0 unspecified atom stereocenters. The Morgan fingerprint density at radius 1 is 1.12 bits per heavy atom. The monoisotopic (exact) mass is 216 g/mol. The molecule has 0 saturated heterocycles. The SMILES string of the molecule is O=C(OC(=O)c1ncc[nH]1)c1ccccc1. The number of esters is 2.